The molecule has 23 heavy (non-hydrogen) atoms. The van der Waals surface area contributed by atoms with E-state index in [9.17, 15) is 4.79 Å². The second-order valence-electron chi connectivity index (χ2n) is 5.58. The molecule has 0 unspecified atom stereocenters. The Bertz CT molecular complexity index is 877. The Morgan fingerprint density at radius 1 is 1.26 bits per heavy atom. The molecule has 0 saturated carbocycles. The lowest BCUT2D eigenvalue weighted by molar-refractivity contribution is -0.116. The van der Waals surface area contributed by atoms with Crippen molar-refractivity contribution in [3.63, 3.8) is 0 Å². The van der Waals surface area contributed by atoms with Crippen LogP contribution in [0.4, 0.5) is 5.95 Å². The van der Waals surface area contributed by atoms with Crippen LogP contribution < -0.4 is 5.32 Å². The zero-order chi connectivity index (χ0) is 16.6. The van der Waals surface area contributed by atoms with Crippen molar-refractivity contribution in [3.8, 4) is 0 Å². The number of carbonyl (C=O) groups excluding carboxylic acids is 1. The number of fused-ring (bicyclic) bond motifs is 1. The number of anilines is 1. The van der Waals surface area contributed by atoms with Crippen LogP contribution in [0.3, 0.4) is 0 Å². The highest BCUT2D eigenvalue weighted by Gasteiger charge is 2.13. The number of nitrogens with one attached hydrogen (secondary N) is 1. The fraction of sp³-hybridized carbons (Fsp3) is 0.400. The van der Waals surface area contributed by atoms with Gasteiger partial charge in [-0.3, -0.25) is 19.2 Å². The van der Waals surface area contributed by atoms with Gasteiger partial charge in [-0.05, 0) is 38.8 Å². The van der Waals surface area contributed by atoms with E-state index in [-0.39, 0.29) is 5.91 Å². The van der Waals surface area contributed by atoms with Crippen LogP contribution in [-0.4, -0.2) is 35.3 Å². The predicted octanol–water partition coefficient (Wildman–Crippen LogP) is 1.35. The minimum atomic E-state index is -0.109. The van der Waals surface area contributed by atoms with E-state index in [1.165, 1.54) is 0 Å². The number of hydrogen-bond donors (Lipinski definition) is 1. The molecule has 0 atom stereocenters. The Labute approximate surface area is 133 Å². The Balaban J connectivity index is 1.69. The monoisotopic (exact) mass is 313 g/mol. The first kappa shape index (κ1) is 15.1. The summed E-state index contributed by atoms with van der Waals surface area (Å²) in [5, 5.41) is 15.1. The van der Waals surface area contributed by atoms with Crippen LogP contribution in [0, 0.1) is 20.8 Å². The van der Waals surface area contributed by atoms with E-state index in [4.69, 9.17) is 0 Å². The molecule has 0 aromatic carbocycles. The number of amides is 1. The molecule has 0 radical (unpaired) electrons. The summed E-state index contributed by atoms with van der Waals surface area (Å²) in [5.41, 5.74) is 4.02. The Hall–Kier alpha value is -2.77. The number of aromatic nitrogens is 6. The topological polar surface area (TPSA) is 90.0 Å². The van der Waals surface area contributed by atoms with Gasteiger partial charge in [0.1, 0.15) is 0 Å². The lowest BCUT2D eigenvalue weighted by Crippen LogP contribution is -2.15. The van der Waals surface area contributed by atoms with Gasteiger partial charge in [-0.1, -0.05) is 0 Å². The first-order valence-corrected chi connectivity index (χ1v) is 7.43. The van der Waals surface area contributed by atoms with Crippen LogP contribution in [0.25, 0.3) is 5.78 Å². The van der Waals surface area contributed by atoms with E-state index in [0.717, 1.165) is 22.6 Å². The summed E-state index contributed by atoms with van der Waals surface area (Å²) in [4.78, 5) is 16.4. The Morgan fingerprint density at radius 2 is 2.04 bits per heavy atom. The molecule has 3 heterocycles. The van der Waals surface area contributed by atoms with Crippen LogP contribution in [-0.2, 0) is 18.3 Å². The van der Waals surface area contributed by atoms with Crippen molar-refractivity contribution in [2.24, 2.45) is 7.05 Å². The third-order valence-corrected chi connectivity index (χ3v) is 3.93. The van der Waals surface area contributed by atoms with E-state index >= 15 is 0 Å². The summed E-state index contributed by atoms with van der Waals surface area (Å²) in [6, 6.07) is 1.84. The first-order valence-electron chi connectivity index (χ1n) is 7.43. The van der Waals surface area contributed by atoms with E-state index in [0.29, 0.717) is 24.6 Å². The summed E-state index contributed by atoms with van der Waals surface area (Å²) in [7, 11) is 1.91. The van der Waals surface area contributed by atoms with E-state index in [1.807, 2.05) is 38.6 Å². The van der Waals surface area contributed by atoms with Gasteiger partial charge in [0.25, 0.3) is 5.78 Å². The highest BCUT2D eigenvalue weighted by atomic mass is 16.1. The zero-order valence-electron chi connectivity index (χ0n) is 13.7. The molecule has 120 valence electrons. The van der Waals surface area contributed by atoms with Gasteiger partial charge in [-0.2, -0.15) is 5.10 Å². The van der Waals surface area contributed by atoms with Gasteiger partial charge in [0, 0.05) is 31.1 Å². The second-order valence-corrected chi connectivity index (χ2v) is 5.58. The summed E-state index contributed by atoms with van der Waals surface area (Å²) < 4.78 is 3.49. The molecule has 3 rings (SSSR count). The number of nitrogens with zero attached hydrogens (tertiary/aromatic N) is 6. The van der Waals surface area contributed by atoms with Crippen molar-refractivity contribution >= 4 is 17.6 Å². The fourth-order valence-electron chi connectivity index (χ4n) is 2.56. The van der Waals surface area contributed by atoms with Gasteiger partial charge in [0.2, 0.25) is 11.9 Å². The first-order chi connectivity index (χ1) is 11.0. The number of rotatable bonds is 4. The molecule has 0 spiro atoms. The fourth-order valence-corrected chi connectivity index (χ4v) is 2.56. The lowest BCUT2D eigenvalue weighted by Gasteiger charge is -2.04. The van der Waals surface area contributed by atoms with Crippen LogP contribution in [0.5, 0.6) is 0 Å². The van der Waals surface area contributed by atoms with Gasteiger partial charge in [-0.15, -0.1) is 10.2 Å². The van der Waals surface area contributed by atoms with Gasteiger partial charge < -0.3 is 0 Å². The van der Waals surface area contributed by atoms with Crippen molar-refractivity contribution in [2.45, 2.75) is 33.6 Å². The summed E-state index contributed by atoms with van der Waals surface area (Å²) in [6.07, 6.45) is 2.80. The molecule has 0 bridgehead atoms. The molecule has 3 aromatic rings. The normalized spacial score (nSPS) is 11.1. The molecule has 3 aromatic heterocycles. The molecule has 0 fully saturated rings. The van der Waals surface area contributed by atoms with Crippen molar-refractivity contribution in [3.05, 3.63) is 34.9 Å². The van der Waals surface area contributed by atoms with Gasteiger partial charge in [-0.25, -0.2) is 4.98 Å². The SMILES string of the molecule is Cc1ccn2c(NC(=O)CCc3c(C)nn(C)c3C)nnc2n1. The second kappa shape index (κ2) is 5.79. The van der Waals surface area contributed by atoms with Crippen LogP contribution in [0.2, 0.25) is 0 Å². The number of aryl methyl sites for hydroxylation is 3. The smallest absolute Gasteiger partial charge is 0.256 e. The third-order valence-electron chi connectivity index (χ3n) is 3.93. The Kier molecular flexibility index (Phi) is 3.81. The van der Waals surface area contributed by atoms with Crippen LogP contribution >= 0.6 is 0 Å². The van der Waals surface area contributed by atoms with E-state index < -0.39 is 0 Å². The van der Waals surface area contributed by atoms with Crippen molar-refractivity contribution in [1.29, 1.82) is 0 Å². The van der Waals surface area contributed by atoms with Crippen LogP contribution in [0.1, 0.15) is 29.1 Å². The minimum Gasteiger partial charge on any atom is -0.294 e. The highest BCUT2D eigenvalue weighted by molar-refractivity contribution is 5.89. The standard InChI is InChI=1S/C15H19N7O/c1-9-7-8-22-14(16-9)18-19-15(22)17-13(23)6-5-12-10(2)20-21(4)11(12)3/h7-8H,5-6H2,1-4H3,(H,17,19,23). The van der Waals surface area contributed by atoms with Crippen LogP contribution in [0.15, 0.2) is 12.3 Å². The molecule has 0 saturated heterocycles. The number of carbonyl (C=O) groups is 1. The molecule has 8 heteroatoms. The quantitative estimate of drug-likeness (QED) is 0.785. The maximum Gasteiger partial charge on any atom is 0.256 e. The summed E-state index contributed by atoms with van der Waals surface area (Å²) in [6.45, 7) is 5.85. The summed E-state index contributed by atoms with van der Waals surface area (Å²) in [5.74, 6) is 0.749. The molecular formula is C15H19N7O. The average molecular weight is 313 g/mol. The zero-order valence-corrected chi connectivity index (χ0v) is 13.7. The van der Waals surface area contributed by atoms with Gasteiger partial charge >= 0.3 is 0 Å². The van der Waals surface area contributed by atoms with Crippen molar-refractivity contribution < 1.29 is 4.79 Å². The van der Waals surface area contributed by atoms with Gasteiger partial charge in [0.15, 0.2) is 0 Å². The molecular weight excluding hydrogens is 294 g/mol. The van der Waals surface area contributed by atoms with E-state index in [1.54, 1.807) is 10.6 Å². The highest BCUT2D eigenvalue weighted by Crippen LogP contribution is 2.15. The minimum absolute atomic E-state index is 0.109. The maximum atomic E-state index is 12.2. The molecule has 0 aliphatic carbocycles. The largest absolute Gasteiger partial charge is 0.294 e. The predicted molar refractivity (Wildman–Crippen MR) is 85.2 cm³/mol. The molecule has 8 nitrogen and oxygen atoms in total. The average Bonchev–Trinajstić information content (AvgIpc) is 2.99. The molecule has 1 amide bonds. The Morgan fingerprint density at radius 3 is 2.74 bits per heavy atom. The van der Waals surface area contributed by atoms with E-state index in [2.05, 4.69) is 25.6 Å². The maximum absolute atomic E-state index is 12.2. The molecule has 0 aliphatic rings. The lowest BCUT2D eigenvalue weighted by atomic mass is 10.1. The van der Waals surface area contributed by atoms with Gasteiger partial charge in [0.05, 0.1) is 5.69 Å². The number of hydrogen-bond acceptors (Lipinski definition) is 5. The molecule has 0 aliphatic heterocycles. The third kappa shape index (κ3) is 2.92. The molecule has 1 N–H and O–H groups in total. The summed E-state index contributed by atoms with van der Waals surface area (Å²) >= 11 is 0. The van der Waals surface area contributed by atoms with Crippen molar-refractivity contribution in [2.75, 3.05) is 5.32 Å². The van der Waals surface area contributed by atoms with Crippen molar-refractivity contribution in [1.82, 2.24) is 29.4 Å².